The Morgan fingerprint density at radius 1 is 1.27 bits per heavy atom. The van der Waals surface area contributed by atoms with Gasteiger partial charge in [0.2, 0.25) is 11.9 Å². The second-order valence-electron chi connectivity index (χ2n) is 5.54. The fourth-order valence-corrected chi connectivity index (χ4v) is 2.60. The second-order valence-corrected chi connectivity index (χ2v) is 5.54. The van der Waals surface area contributed by atoms with Gasteiger partial charge in [-0.1, -0.05) is 6.07 Å². The number of anilines is 2. The first-order valence-electron chi connectivity index (χ1n) is 7.48. The van der Waals surface area contributed by atoms with Crippen molar-refractivity contribution in [2.24, 2.45) is 5.92 Å². The molecule has 6 nitrogen and oxygen atoms in total. The van der Waals surface area contributed by atoms with Crippen LogP contribution >= 0.6 is 0 Å². The maximum absolute atomic E-state index is 12.4. The second kappa shape index (κ2) is 6.51. The molecule has 1 aliphatic rings. The molecule has 1 atom stereocenters. The number of amides is 1. The molecule has 1 fully saturated rings. The first kappa shape index (κ1) is 14.4. The molecule has 1 saturated heterocycles. The fraction of sp³-hybridized carbons (Fsp3) is 0.375. The van der Waals surface area contributed by atoms with Crippen LogP contribution in [-0.4, -0.2) is 33.9 Å². The molecule has 22 heavy (non-hydrogen) atoms. The summed E-state index contributed by atoms with van der Waals surface area (Å²) < 4.78 is 0. The predicted molar refractivity (Wildman–Crippen MR) is 84.6 cm³/mol. The Morgan fingerprint density at radius 3 is 2.82 bits per heavy atom. The molecule has 2 aromatic heterocycles. The van der Waals surface area contributed by atoms with Gasteiger partial charge in [-0.25, -0.2) is 15.0 Å². The van der Waals surface area contributed by atoms with Crippen LogP contribution in [0, 0.1) is 12.8 Å². The van der Waals surface area contributed by atoms with Gasteiger partial charge in [0.15, 0.2) is 0 Å². The topological polar surface area (TPSA) is 71.0 Å². The molecule has 3 heterocycles. The molecule has 0 spiro atoms. The van der Waals surface area contributed by atoms with E-state index >= 15 is 0 Å². The number of hydrogen-bond donors (Lipinski definition) is 1. The van der Waals surface area contributed by atoms with Crippen molar-refractivity contribution >= 4 is 17.7 Å². The molecule has 0 unspecified atom stereocenters. The first-order valence-corrected chi connectivity index (χ1v) is 7.48. The SMILES string of the molecule is Cc1ccc(NC(=O)[C@H]2CCCN(c3ncccn3)C2)nc1. The maximum Gasteiger partial charge on any atom is 0.230 e. The average molecular weight is 297 g/mol. The molecule has 6 heteroatoms. The standard InChI is InChI=1S/C16H19N5O/c1-12-5-6-14(19-10-12)20-15(22)13-4-2-9-21(11-13)16-17-7-3-8-18-16/h3,5-8,10,13H,2,4,9,11H2,1H3,(H,19,20,22)/t13-/m0/s1. The van der Waals surface area contributed by atoms with Gasteiger partial charge >= 0.3 is 0 Å². The van der Waals surface area contributed by atoms with Crippen LogP contribution in [0.15, 0.2) is 36.8 Å². The van der Waals surface area contributed by atoms with Gasteiger partial charge in [-0.2, -0.15) is 0 Å². The van der Waals surface area contributed by atoms with E-state index in [0.29, 0.717) is 18.3 Å². The number of nitrogens with one attached hydrogen (secondary N) is 1. The van der Waals surface area contributed by atoms with Crippen LogP contribution in [0.5, 0.6) is 0 Å². The third-order valence-corrected chi connectivity index (χ3v) is 3.79. The number of piperidine rings is 1. The lowest BCUT2D eigenvalue weighted by Gasteiger charge is -2.31. The summed E-state index contributed by atoms with van der Waals surface area (Å²) in [5.74, 6) is 1.23. The van der Waals surface area contributed by atoms with Crippen molar-refractivity contribution < 1.29 is 4.79 Å². The van der Waals surface area contributed by atoms with Crippen LogP contribution < -0.4 is 10.2 Å². The Kier molecular flexibility index (Phi) is 4.27. The fourth-order valence-electron chi connectivity index (χ4n) is 2.60. The van der Waals surface area contributed by atoms with Crippen molar-refractivity contribution in [3.8, 4) is 0 Å². The molecule has 0 aliphatic carbocycles. The smallest absolute Gasteiger partial charge is 0.230 e. The molecular formula is C16H19N5O. The van der Waals surface area contributed by atoms with Crippen molar-refractivity contribution in [1.29, 1.82) is 0 Å². The summed E-state index contributed by atoms with van der Waals surface area (Å²) >= 11 is 0. The van der Waals surface area contributed by atoms with Gasteiger partial charge in [0.25, 0.3) is 0 Å². The predicted octanol–water partition coefficient (Wildman–Crippen LogP) is 2.04. The normalized spacial score (nSPS) is 18.0. The van der Waals surface area contributed by atoms with Crippen molar-refractivity contribution in [3.05, 3.63) is 42.4 Å². The van der Waals surface area contributed by atoms with Gasteiger partial charge in [0, 0.05) is 31.7 Å². The largest absolute Gasteiger partial charge is 0.340 e. The average Bonchev–Trinajstić information content (AvgIpc) is 2.58. The Hall–Kier alpha value is -2.50. The molecule has 3 rings (SSSR count). The minimum absolute atomic E-state index is 0.0111. The van der Waals surface area contributed by atoms with Crippen LogP contribution in [0.4, 0.5) is 11.8 Å². The molecule has 2 aromatic rings. The van der Waals surface area contributed by atoms with Gasteiger partial charge < -0.3 is 10.2 Å². The molecular weight excluding hydrogens is 278 g/mol. The third-order valence-electron chi connectivity index (χ3n) is 3.79. The van der Waals surface area contributed by atoms with Gasteiger partial charge in [0.1, 0.15) is 5.82 Å². The quantitative estimate of drug-likeness (QED) is 0.938. The minimum atomic E-state index is -0.0688. The van der Waals surface area contributed by atoms with E-state index in [1.807, 2.05) is 19.1 Å². The number of pyridine rings is 1. The zero-order valence-electron chi connectivity index (χ0n) is 12.6. The molecule has 1 N–H and O–H groups in total. The van der Waals surface area contributed by atoms with Crippen molar-refractivity contribution in [2.45, 2.75) is 19.8 Å². The number of nitrogens with zero attached hydrogens (tertiary/aromatic N) is 4. The number of rotatable bonds is 3. The van der Waals surface area contributed by atoms with Crippen LogP contribution in [-0.2, 0) is 4.79 Å². The number of aromatic nitrogens is 3. The van der Waals surface area contributed by atoms with E-state index in [2.05, 4.69) is 25.2 Å². The Balaban J connectivity index is 1.64. The summed E-state index contributed by atoms with van der Waals surface area (Å²) in [6.07, 6.45) is 7.03. The summed E-state index contributed by atoms with van der Waals surface area (Å²) in [7, 11) is 0. The molecule has 0 radical (unpaired) electrons. The Labute approximate surface area is 129 Å². The molecule has 0 aromatic carbocycles. The number of carbonyl (C=O) groups is 1. The monoisotopic (exact) mass is 297 g/mol. The van der Waals surface area contributed by atoms with E-state index in [4.69, 9.17) is 0 Å². The Bertz CT molecular complexity index is 629. The molecule has 1 aliphatic heterocycles. The first-order chi connectivity index (χ1) is 10.7. The molecule has 114 valence electrons. The van der Waals surface area contributed by atoms with Crippen LogP contribution in [0.25, 0.3) is 0 Å². The number of hydrogen-bond acceptors (Lipinski definition) is 5. The van der Waals surface area contributed by atoms with Gasteiger partial charge in [-0.15, -0.1) is 0 Å². The molecule has 0 bridgehead atoms. The van der Waals surface area contributed by atoms with Crippen LogP contribution in [0.1, 0.15) is 18.4 Å². The highest BCUT2D eigenvalue weighted by atomic mass is 16.2. The van der Waals surface area contributed by atoms with Crippen LogP contribution in [0.2, 0.25) is 0 Å². The lowest BCUT2D eigenvalue weighted by atomic mass is 9.97. The third kappa shape index (κ3) is 3.39. The lowest BCUT2D eigenvalue weighted by molar-refractivity contribution is -0.120. The number of carbonyl (C=O) groups excluding carboxylic acids is 1. The van der Waals surface area contributed by atoms with E-state index in [-0.39, 0.29) is 11.8 Å². The summed E-state index contributed by atoms with van der Waals surface area (Å²) in [4.78, 5) is 27.2. The summed E-state index contributed by atoms with van der Waals surface area (Å²) in [6.45, 7) is 3.50. The van der Waals surface area contributed by atoms with Gasteiger partial charge in [0.05, 0.1) is 5.92 Å². The summed E-state index contributed by atoms with van der Waals surface area (Å²) in [5.41, 5.74) is 1.07. The zero-order chi connectivity index (χ0) is 15.4. The van der Waals surface area contributed by atoms with Crippen molar-refractivity contribution in [3.63, 3.8) is 0 Å². The zero-order valence-corrected chi connectivity index (χ0v) is 12.6. The van der Waals surface area contributed by atoms with Crippen LogP contribution in [0.3, 0.4) is 0 Å². The van der Waals surface area contributed by atoms with E-state index in [1.165, 1.54) is 0 Å². The maximum atomic E-state index is 12.4. The minimum Gasteiger partial charge on any atom is -0.340 e. The van der Waals surface area contributed by atoms with E-state index < -0.39 is 0 Å². The van der Waals surface area contributed by atoms with Gasteiger partial charge in [-0.3, -0.25) is 4.79 Å². The van der Waals surface area contributed by atoms with E-state index in [9.17, 15) is 4.79 Å². The number of aryl methyl sites for hydroxylation is 1. The summed E-state index contributed by atoms with van der Waals surface area (Å²) in [5, 5.41) is 2.89. The van der Waals surface area contributed by atoms with Gasteiger partial charge in [-0.05, 0) is 37.5 Å². The molecule has 1 amide bonds. The Morgan fingerprint density at radius 2 is 2.09 bits per heavy atom. The molecule has 0 saturated carbocycles. The highest BCUT2D eigenvalue weighted by Crippen LogP contribution is 2.21. The van der Waals surface area contributed by atoms with Crippen molar-refractivity contribution in [1.82, 2.24) is 15.0 Å². The van der Waals surface area contributed by atoms with E-state index in [0.717, 1.165) is 24.9 Å². The lowest BCUT2D eigenvalue weighted by Crippen LogP contribution is -2.41. The van der Waals surface area contributed by atoms with Crippen molar-refractivity contribution in [2.75, 3.05) is 23.3 Å². The summed E-state index contributed by atoms with van der Waals surface area (Å²) in [6, 6.07) is 5.56. The highest BCUT2D eigenvalue weighted by Gasteiger charge is 2.27. The van der Waals surface area contributed by atoms with E-state index in [1.54, 1.807) is 24.7 Å². The highest BCUT2D eigenvalue weighted by molar-refractivity contribution is 5.92.